The van der Waals surface area contributed by atoms with Crippen LogP contribution in [0.4, 0.5) is 5.69 Å². The van der Waals surface area contributed by atoms with Crippen LogP contribution in [0.5, 0.6) is 0 Å². The molecular formula is C21H21N5O4S. The Morgan fingerprint density at radius 2 is 1.84 bits per heavy atom. The van der Waals surface area contributed by atoms with Crippen molar-refractivity contribution in [2.45, 2.75) is 37.1 Å². The fraction of sp³-hybridized carbons (Fsp3) is 0.286. The molecule has 0 saturated carbocycles. The monoisotopic (exact) mass is 439 g/mol. The molecule has 0 bridgehead atoms. The molecule has 0 radical (unpaired) electrons. The van der Waals surface area contributed by atoms with Crippen LogP contribution in [-0.2, 0) is 30.0 Å². The molecule has 0 amide bonds. The molecule has 9 nitrogen and oxygen atoms in total. The normalized spacial score (nSPS) is 14.4. The molecule has 1 N–H and O–H groups in total. The predicted octanol–water partition coefficient (Wildman–Crippen LogP) is 2.92. The number of anilines is 1. The molecule has 0 spiro atoms. The van der Waals surface area contributed by atoms with Crippen molar-refractivity contribution in [3.63, 3.8) is 0 Å². The van der Waals surface area contributed by atoms with Gasteiger partial charge in [0.25, 0.3) is 10.0 Å². The minimum Gasteiger partial charge on any atom is -0.408 e. The SMILES string of the molecule is Cn1c(=O)oc2cc(S(=O)(=O)Nc3ccc(-c4nnc5n4CCCCC5)cc3)ccc21. The van der Waals surface area contributed by atoms with Gasteiger partial charge in [0.15, 0.2) is 11.4 Å². The van der Waals surface area contributed by atoms with E-state index in [0.717, 1.165) is 43.0 Å². The second kappa shape index (κ2) is 7.38. The number of nitrogens with zero attached hydrogens (tertiary/aromatic N) is 4. The number of aromatic nitrogens is 4. The van der Waals surface area contributed by atoms with Gasteiger partial charge in [0.05, 0.1) is 10.4 Å². The first-order valence-electron chi connectivity index (χ1n) is 10.1. The maximum Gasteiger partial charge on any atom is 0.419 e. The molecule has 2 aromatic heterocycles. The fourth-order valence-electron chi connectivity index (χ4n) is 3.88. The van der Waals surface area contributed by atoms with Crippen LogP contribution in [-0.4, -0.2) is 27.7 Å². The summed E-state index contributed by atoms with van der Waals surface area (Å²) in [5.41, 5.74) is 2.06. The number of benzene rings is 2. The summed E-state index contributed by atoms with van der Waals surface area (Å²) in [4.78, 5) is 11.7. The highest BCUT2D eigenvalue weighted by atomic mass is 32.2. The third-order valence-electron chi connectivity index (χ3n) is 5.58. The van der Waals surface area contributed by atoms with Crippen molar-refractivity contribution in [3.8, 4) is 11.4 Å². The van der Waals surface area contributed by atoms with Gasteiger partial charge in [-0.2, -0.15) is 0 Å². The van der Waals surface area contributed by atoms with Gasteiger partial charge in [-0.25, -0.2) is 13.2 Å². The van der Waals surface area contributed by atoms with Crippen molar-refractivity contribution >= 4 is 26.8 Å². The molecule has 3 heterocycles. The molecular weight excluding hydrogens is 418 g/mol. The Morgan fingerprint density at radius 1 is 1.03 bits per heavy atom. The van der Waals surface area contributed by atoms with E-state index in [1.54, 1.807) is 25.2 Å². The fourth-order valence-corrected chi connectivity index (χ4v) is 4.95. The van der Waals surface area contributed by atoms with E-state index in [4.69, 9.17) is 4.42 Å². The van der Waals surface area contributed by atoms with Gasteiger partial charge in [-0.15, -0.1) is 10.2 Å². The molecule has 5 rings (SSSR count). The average molecular weight is 439 g/mol. The molecule has 160 valence electrons. The lowest BCUT2D eigenvalue weighted by Crippen LogP contribution is -2.13. The summed E-state index contributed by atoms with van der Waals surface area (Å²) in [7, 11) is -2.28. The molecule has 0 aliphatic carbocycles. The van der Waals surface area contributed by atoms with Crippen molar-refractivity contribution in [1.29, 1.82) is 0 Å². The number of nitrogens with one attached hydrogen (secondary N) is 1. The highest BCUT2D eigenvalue weighted by Crippen LogP contribution is 2.25. The van der Waals surface area contributed by atoms with Crippen LogP contribution in [0.15, 0.2) is 56.6 Å². The van der Waals surface area contributed by atoms with Gasteiger partial charge in [0.1, 0.15) is 5.82 Å². The van der Waals surface area contributed by atoms with Crippen LogP contribution < -0.4 is 10.5 Å². The highest BCUT2D eigenvalue weighted by Gasteiger charge is 2.19. The topological polar surface area (TPSA) is 112 Å². The Bertz CT molecular complexity index is 1430. The van der Waals surface area contributed by atoms with Crippen LogP contribution in [0.3, 0.4) is 0 Å². The van der Waals surface area contributed by atoms with Gasteiger partial charge in [-0.05, 0) is 49.2 Å². The third-order valence-corrected chi connectivity index (χ3v) is 6.96. The van der Waals surface area contributed by atoms with Crippen LogP contribution in [0, 0.1) is 0 Å². The van der Waals surface area contributed by atoms with Crippen LogP contribution in [0.1, 0.15) is 25.1 Å². The predicted molar refractivity (Wildman–Crippen MR) is 115 cm³/mol. The lowest BCUT2D eigenvalue weighted by Gasteiger charge is -2.10. The second-order valence-electron chi connectivity index (χ2n) is 7.64. The maximum absolute atomic E-state index is 12.8. The number of aryl methyl sites for hydroxylation is 2. The van der Waals surface area contributed by atoms with Crippen molar-refractivity contribution in [2.24, 2.45) is 7.05 Å². The molecule has 0 saturated heterocycles. The van der Waals surface area contributed by atoms with E-state index in [1.807, 2.05) is 12.1 Å². The van der Waals surface area contributed by atoms with Gasteiger partial charge in [-0.1, -0.05) is 6.42 Å². The lowest BCUT2D eigenvalue weighted by molar-refractivity contribution is 0.527. The molecule has 31 heavy (non-hydrogen) atoms. The number of rotatable bonds is 4. The van der Waals surface area contributed by atoms with Gasteiger partial charge in [-0.3, -0.25) is 9.29 Å². The number of fused-ring (bicyclic) bond motifs is 2. The van der Waals surface area contributed by atoms with E-state index in [1.165, 1.54) is 23.1 Å². The van der Waals surface area contributed by atoms with E-state index >= 15 is 0 Å². The first-order valence-corrected chi connectivity index (χ1v) is 11.6. The minimum atomic E-state index is -3.85. The highest BCUT2D eigenvalue weighted by molar-refractivity contribution is 7.92. The summed E-state index contributed by atoms with van der Waals surface area (Å²) in [6.45, 7) is 0.893. The Balaban J connectivity index is 1.40. The Labute approximate surface area is 178 Å². The standard InChI is InChI=1S/C21H21N5O4S/c1-25-17-11-10-16(13-18(17)30-21(25)27)31(28,29)24-15-8-6-14(7-9-15)20-23-22-19-5-3-2-4-12-26(19)20/h6-11,13,24H,2-5,12H2,1H3. The lowest BCUT2D eigenvalue weighted by atomic mass is 10.2. The smallest absolute Gasteiger partial charge is 0.408 e. The first-order chi connectivity index (χ1) is 14.9. The molecule has 10 heteroatoms. The number of hydrogen-bond acceptors (Lipinski definition) is 6. The van der Waals surface area contributed by atoms with Gasteiger partial charge >= 0.3 is 5.76 Å². The maximum atomic E-state index is 12.8. The average Bonchev–Trinajstić information content (AvgIpc) is 3.18. The van der Waals surface area contributed by atoms with E-state index in [2.05, 4.69) is 19.5 Å². The van der Waals surface area contributed by atoms with E-state index < -0.39 is 15.8 Å². The van der Waals surface area contributed by atoms with Crippen LogP contribution in [0.2, 0.25) is 0 Å². The zero-order chi connectivity index (χ0) is 21.6. The minimum absolute atomic E-state index is 0.0150. The number of hydrogen-bond donors (Lipinski definition) is 1. The molecule has 0 unspecified atom stereocenters. The van der Waals surface area contributed by atoms with Crippen molar-refractivity contribution in [1.82, 2.24) is 19.3 Å². The second-order valence-corrected chi connectivity index (χ2v) is 9.32. The Morgan fingerprint density at radius 3 is 2.65 bits per heavy atom. The molecule has 1 aliphatic rings. The molecule has 4 aromatic rings. The third kappa shape index (κ3) is 3.52. The zero-order valence-corrected chi connectivity index (χ0v) is 17.7. The van der Waals surface area contributed by atoms with Crippen molar-refractivity contribution in [3.05, 3.63) is 58.8 Å². The zero-order valence-electron chi connectivity index (χ0n) is 16.9. The summed E-state index contributed by atoms with van der Waals surface area (Å²) < 4.78 is 36.8. The van der Waals surface area contributed by atoms with Crippen molar-refractivity contribution in [2.75, 3.05) is 4.72 Å². The first kappa shape index (κ1) is 19.6. The van der Waals surface area contributed by atoms with Gasteiger partial charge in [0.2, 0.25) is 0 Å². The quantitative estimate of drug-likeness (QED) is 0.523. The van der Waals surface area contributed by atoms with Gasteiger partial charge < -0.3 is 8.98 Å². The molecule has 0 fully saturated rings. The van der Waals surface area contributed by atoms with E-state index in [-0.39, 0.29) is 10.5 Å². The summed E-state index contributed by atoms with van der Waals surface area (Å²) in [5, 5.41) is 8.65. The molecule has 2 aromatic carbocycles. The Hall–Kier alpha value is -3.40. The molecule has 1 aliphatic heterocycles. The number of sulfonamides is 1. The van der Waals surface area contributed by atoms with E-state index in [0.29, 0.717) is 11.2 Å². The van der Waals surface area contributed by atoms with Crippen LogP contribution >= 0.6 is 0 Å². The van der Waals surface area contributed by atoms with Crippen LogP contribution in [0.25, 0.3) is 22.5 Å². The van der Waals surface area contributed by atoms with Gasteiger partial charge in [0, 0.05) is 37.3 Å². The summed E-state index contributed by atoms with van der Waals surface area (Å²) in [5.74, 6) is 1.26. The molecule has 0 atom stereocenters. The Kier molecular flexibility index (Phi) is 4.66. The van der Waals surface area contributed by atoms with E-state index in [9.17, 15) is 13.2 Å². The summed E-state index contributed by atoms with van der Waals surface area (Å²) in [6.07, 6.45) is 4.33. The van der Waals surface area contributed by atoms with Crippen molar-refractivity contribution < 1.29 is 12.8 Å². The number of oxazole rings is 1. The largest absolute Gasteiger partial charge is 0.419 e. The summed E-state index contributed by atoms with van der Waals surface area (Å²) >= 11 is 0. The summed E-state index contributed by atoms with van der Waals surface area (Å²) in [6, 6.07) is 11.4.